The maximum atomic E-state index is 13.2. The molecule has 7 fully saturated rings. The van der Waals surface area contributed by atoms with Crippen molar-refractivity contribution in [3.63, 3.8) is 0 Å². The van der Waals surface area contributed by atoms with Gasteiger partial charge in [0.2, 0.25) is 0 Å². The molecule has 192 valence electrons. The number of imidazole rings is 1. The van der Waals surface area contributed by atoms with E-state index in [1.165, 1.54) is 7.05 Å². The predicted octanol–water partition coefficient (Wildman–Crippen LogP) is -1.96. The standard InChI is InChI=1S/C11H6N5O17P3/c1-14-4-2-3(17)13-5(14)16-32-34(21,33-16)24-6(12-2)15(4)10-8(19)7(18,26-35(22,27-8)29-10)9(25-10)11(20)30-36(23,28-9)31-11/h18-20H,1H3. The molecule has 0 aliphatic carbocycles. The average molecular weight is 573 g/mol. The molecule has 1 spiro atoms. The summed E-state index contributed by atoms with van der Waals surface area (Å²) in [4.78, 5) is 20.3. The van der Waals surface area contributed by atoms with Crippen LogP contribution in [0.5, 0.6) is 6.01 Å². The maximum Gasteiger partial charge on any atom is 0.580 e. The van der Waals surface area contributed by atoms with Gasteiger partial charge in [0.1, 0.15) is 0 Å². The zero-order valence-electron chi connectivity index (χ0n) is 16.6. The molecule has 3 N–H and O–H groups in total. The molecule has 9 bridgehead atoms. The lowest BCUT2D eigenvalue weighted by Crippen LogP contribution is -2.70. The van der Waals surface area contributed by atoms with Gasteiger partial charge in [-0.15, -0.1) is 9.25 Å². The van der Waals surface area contributed by atoms with Crippen LogP contribution in [0.2, 0.25) is 0 Å². The van der Waals surface area contributed by atoms with E-state index in [-0.39, 0.29) is 0 Å². The van der Waals surface area contributed by atoms with Gasteiger partial charge < -0.3 is 19.8 Å². The first-order valence-corrected chi connectivity index (χ1v) is 13.8. The van der Waals surface area contributed by atoms with Gasteiger partial charge in [-0.2, -0.15) is 9.97 Å². The van der Waals surface area contributed by atoms with Gasteiger partial charge in [0.05, 0.1) is 0 Å². The molecule has 0 aromatic carbocycles. The summed E-state index contributed by atoms with van der Waals surface area (Å²) in [5.74, 6) is -17.2. The summed E-state index contributed by atoms with van der Waals surface area (Å²) in [7, 11) is -12.8. The molecule has 11 heterocycles. The summed E-state index contributed by atoms with van der Waals surface area (Å²) in [5.41, 5.74) is -1.97. The van der Waals surface area contributed by atoms with Gasteiger partial charge in [-0.05, 0) is 0 Å². The molecule has 9 aliphatic heterocycles. The largest absolute Gasteiger partial charge is 0.580 e. The lowest BCUT2D eigenvalue weighted by atomic mass is 9.96. The quantitative estimate of drug-likeness (QED) is 0.313. The molecular weight excluding hydrogens is 567 g/mol. The molecule has 22 nitrogen and oxygen atoms in total. The molecule has 5 atom stereocenters. The fourth-order valence-corrected chi connectivity index (χ4v) is 9.17. The zero-order valence-corrected chi connectivity index (χ0v) is 19.3. The summed E-state index contributed by atoms with van der Waals surface area (Å²) in [5, 5.41) is 34.3. The van der Waals surface area contributed by atoms with Crippen molar-refractivity contribution in [3.8, 4) is 6.01 Å². The van der Waals surface area contributed by atoms with Crippen LogP contribution in [-0.2, 0) is 67.8 Å². The average Bonchev–Trinajstić information content (AvgIpc) is 3.40. The highest BCUT2D eigenvalue weighted by Crippen LogP contribution is 2.89. The van der Waals surface area contributed by atoms with Crippen LogP contribution in [0.4, 0.5) is 5.95 Å². The number of hydrogen-bond donors (Lipinski definition) is 3. The van der Waals surface area contributed by atoms with Gasteiger partial charge in [-0.25, -0.2) is 45.4 Å². The van der Waals surface area contributed by atoms with Gasteiger partial charge in [0, 0.05) is 7.05 Å². The van der Waals surface area contributed by atoms with Crippen LogP contribution in [0.3, 0.4) is 0 Å². The van der Waals surface area contributed by atoms with Gasteiger partial charge >= 0.3 is 64.3 Å². The van der Waals surface area contributed by atoms with Crippen molar-refractivity contribution in [1.29, 1.82) is 0 Å². The third kappa shape index (κ3) is 1.76. The molecule has 0 amide bonds. The third-order valence-electron chi connectivity index (χ3n) is 6.31. The number of anilines is 1. The van der Waals surface area contributed by atoms with Crippen LogP contribution in [0.15, 0.2) is 4.79 Å². The molecule has 0 radical (unpaired) electrons. The number of ether oxygens (including phenoxy) is 1. The van der Waals surface area contributed by atoms with E-state index in [1.807, 2.05) is 0 Å². The van der Waals surface area contributed by atoms with Crippen LogP contribution in [0.25, 0.3) is 11.2 Å². The van der Waals surface area contributed by atoms with Crippen molar-refractivity contribution >= 4 is 40.6 Å². The minimum atomic E-state index is -5.03. The molecular formula is C11H6N5O17P3. The number of hydrogen-bond acceptors (Lipinski definition) is 20. The van der Waals surface area contributed by atoms with Crippen LogP contribution in [0, 0.1) is 0 Å². The normalized spacial score (nSPS) is 51.9. The molecule has 7 saturated heterocycles. The molecule has 9 aliphatic rings. The Kier molecular flexibility index (Phi) is 2.98. The second kappa shape index (κ2) is 5.08. The zero-order chi connectivity index (χ0) is 25.1. The van der Waals surface area contributed by atoms with Crippen LogP contribution in [0.1, 0.15) is 0 Å². The lowest BCUT2D eigenvalue weighted by Gasteiger charge is -2.38. The highest BCUT2D eigenvalue weighted by molar-refractivity contribution is 7.50. The third-order valence-corrected chi connectivity index (χ3v) is 10.3. The fourth-order valence-electron chi connectivity index (χ4n) is 4.94. The molecule has 11 rings (SSSR count). The van der Waals surface area contributed by atoms with Crippen molar-refractivity contribution < 1.29 is 74.7 Å². The van der Waals surface area contributed by atoms with E-state index < -0.39 is 81.4 Å². The molecule has 5 unspecified atom stereocenters. The van der Waals surface area contributed by atoms with E-state index >= 15 is 0 Å². The van der Waals surface area contributed by atoms with E-state index in [4.69, 9.17) is 45.7 Å². The van der Waals surface area contributed by atoms with Crippen molar-refractivity contribution in [1.82, 2.24) is 19.1 Å². The number of aryl methyl sites for hydroxylation is 1. The molecule has 2 aromatic heterocycles. The molecule has 2 aromatic rings. The number of phosphoric acid groups is 3. The lowest BCUT2D eigenvalue weighted by molar-refractivity contribution is -0.454. The number of fused-ring (bicyclic) bond motifs is 1. The van der Waals surface area contributed by atoms with Crippen LogP contribution >= 0.6 is 23.5 Å². The monoisotopic (exact) mass is 573 g/mol. The van der Waals surface area contributed by atoms with Crippen molar-refractivity contribution in [2.75, 3.05) is 5.23 Å². The first-order chi connectivity index (χ1) is 16.6. The Labute approximate surface area is 193 Å². The smallest absolute Gasteiger partial charge is 0.367 e. The summed E-state index contributed by atoms with van der Waals surface area (Å²) in [6, 6.07) is -0.913. The Morgan fingerprint density at radius 3 is 2.17 bits per heavy atom. The Bertz CT molecular complexity index is 1720. The second-order valence-corrected chi connectivity index (χ2v) is 12.5. The summed E-state index contributed by atoms with van der Waals surface area (Å²) >= 11 is 0. The van der Waals surface area contributed by atoms with Crippen molar-refractivity contribution in [2.24, 2.45) is 7.05 Å². The minimum Gasteiger partial charge on any atom is -0.367 e. The van der Waals surface area contributed by atoms with E-state index in [0.29, 0.717) is 9.79 Å². The van der Waals surface area contributed by atoms with Crippen LogP contribution in [-0.4, -0.2) is 57.8 Å². The molecule has 25 heteroatoms. The van der Waals surface area contributed by atoms with E-state index in [9.17, 15) is 33.8 Å². The second-order valence-electron chi connectivity index (χ2n) is 8.25. The summed E-state index contributed by atoms with van der Waals surface area (Å²) < 4.78 is 90.3. The number of phosphoric ester groups is 2. The Morgan fingerprint density at radius 2 is 1.53 bits per heavy atom. The highest BCUT2D eigenvalue weighted by Gasteiger charge is 3.06. The highest BCUT2D eigenvalue weighted by atomic mass is 31.2. The van der Waals surface area contributed by atoms with E-state index in [2.05, 4.69) is 9.97 Å². The molecule has 36 heavy (non-hydrogen) atoms. The van der Waals surface area contributed by atoms with E-state index in [1.54, 1.807) is 0 Å². The summed E-state index contributed by atoms with van der Waals surface area (Å²) in [6.07, 6.45) is 0. The predicted molar refractivity (Wildman–Crippen MR) is 94.0 cm³/mol. The Hall–Kier alpha value is -1.84. The van der Waals surface area contributed by atoms with Crippen LogP contribution < -0.4 is 15.3 Å². The topological polar surface area (TPSA) is 260 Å². The van der Waals surface area contributed by atoms with Gasteiger partial charge in [0.15, 0.2) is 11.2 Å². The maximum absolute atomic E-state index is 13.2. The number of nitrogens with zero attached hydrogens (tertiary/aromatic N) is 5. The van der Waals surface area contributed by atoms with Crippen molar-refractivity contribution in [2.45, 2.75) is 29.2 Å². The first-order valence-electron chi connectivity index (χ1n) is 9.45. The Balaban J connectivity index is 1.42. The fraction of sp³-hybridized carbons (Fsp3) is 0.545. The molecule has 0 saturated carbocycles. The minimum absolute atomic E-state index is 0.421. The summed E-state index contributed by atoms with van der Waals surface area (Å²) in [6.45, 7) is 0. The number of rotatable bonds is 1. The van der Waals surface area contributed by atoms with Crippen molar-refractivity contribution in [3.05, 3.63) is 10.4 Å². The first kappa shape index (κ1) is 21.1. The van der Waals surface area contributed by atoms with E-state index in [0.717, 1.165) is 4.57 Å². The van der Waals surface area contributed by atoms with Gasteiger partial charge in [-0.3, -0.25) is 14.1 Å². The van der Waals surface area contributed by atoms with Gasteiger partial charge in [-0.1, -0.05) is 5.23 Å². The van der Waals surface area contributed by atoms with Gasteiger partial charge in [0.25, 0.3) is 5.95 Å². The number of aliphatic hydroxyl groups is 3. The SMILES string of the molecule is Cn1c2nc(=O)c3nc(n(C45OC6(OP7(=O)OC6(O)O7)C6(O)OP(=O)(O4)OC56O)c31)OP1(=O)ON2O1. The Morgan fingerprint density at radius 1 is 0.861 bits per heavy atom. The number of aromatic nitrogens is 4.